The minimum absolute atomic E-state index is 0.109. The van der Waals surface area contributed by atoms with Crippen LogP contribution in [0.4, 0.5) is 0 Å². The van der Waals surface area contributed by atoms with Crippen LogP contribution in [0.5, 0.6) is 0 Å². The molecular formula is C21H22Cl2N2O. The van der Waals surface area contributed by atoms with Gasteiger partial charge in [0.05, 0.1) is 0 Å². The molecule has 1 amide bonds. The Morgan fingerprint density at radius 3 is 2.35 bits per heavy atom. The van der Waals surface area contributed by atoms with Crippen LogP contribution in [0.15, 0.2) is 48.5 Å². The van der Waals surface area contributed by atoms with Crippen molar-refractivity contribution in [3.8, 4) is 0 Å². The van der Waals surface area contributed by atoms with E-state index in [1.165, 1.54) is 5.56 Å². The lowest BCUT2D eigenvalue weighted by molar-refractivity contribution is -0.134. The second-order valence-corrected chi connectivity index (χ2v) is 8.04. The molecule has 1 saturated heterocycles. The Morgan fingerprint density at radius 1 is 0.962 bits per heavy atom. The highest BCUT2D eigenvalue weighted by atomic mass is 35.5. The molecule has 1 aliphatic heterocycles. The predicted molar refractivity (Wildman–Crippen MR) is 106 cm³/mol. The van der Waals surface area contributed by atoms with Crippen LogP contribution in [0.2, 0.25) is 10.0 Å². The van der Waals surface area contributed by atoms with Crippen molar-refractivity contribution in [1.82, 2.24) is 9.80 Å². The van der Waals surface area contributed by atoms with E-state index in [1.807, 2.05) is 41.3 Å². The smallest absolute Gasteiger partial charge is 0.226 e. The number of rotatable bonds is 4. The second kappa shape index (κ2) is 7.59. The lowest BCUT2D eigenvalue weighted by Gasteiger charge is -2.35. The van der Waals surface area contributed by atoms with Gasteiger partial charge in [0.25, 0.3) is 0 Å². The van der Waals surface area contributed by atoms with Crippen molar-refractivity contribution in [2.75, 3.05) is 26.2 Å². The molecule has 136 valence electrons. The van der Waals surface area contributed by atoms with Crippen molar-refractivity contribution >= 4 is 29.1 Å². The lowest BCUT2D eigenvalue weighted by atomic mass is 10.1. The van der Waals surface area contributed by atoms with Crippen molar-refractivity contribution in [3.63, 3.8) is 0 Å². The Morgan fingerprint density at radius 2 is 1.65 bits per heavy atom. The molecule has 0 radical (unpaired) electrons. The molecule has 26 heavy (non-hydrogen) atoms. The fourth-order valence-electron chi connectivity index (χ4n) is 3.80. The van der Waals surface area contributed by atoms with Crippen molar-refractivity contribution in [2.45, 2.75) is 18.9 Å². The Balaban J connectivity index is 1.29. The summed E-state index contributed by atoms with van der Waals surface area (Å²) in [5.41, 5.74) is 2.38. The van der Waals surface area contributed by atoms with Gasteiger partial charge in [-0.2, -0.15) is 0 Å². The standard InChI is InChI=1S/C21H22Cl2N2O/c22-16-7-5-15(6-8-16)14-24-9-11-25(12-10-24)21(26)19-13-18(19)17-3-1-2-4-20(17)23/h1-8,18-19H,9-14H2. The summed E-state index contributed by atoms with van der Waals surface area (Å²) in [4.78, 5) is 17.2. The maximum Gasteiger partial charge on any atom is 0.226 e. The van der Waals surface area contributed by atoms with Crippen LogP contribution in [-0.2, 0) is 11.3 Å². The second-order valence-electron chi connectivity index (χ2n) is 7.20. The fraction of sp³-hybridized carbons (Fsp3) is 0.381. The topological polar surface area (TPSA) is 23.6 Å². The third-order valence-electron chi connectivity index (χ3n) is 5.42. The van der Waals surface area contributed by atoms with E-state index in [9.17, 15) is 4.79 Å². The summed E-state index contributed by atoms with van der Waals surface area (Å²) in [6.07, 6.45) is 0.924. The number of halogens is 2. The minimum Gasteiger partial charge on any atom is -0.340 e. The van der Waals surface area contributed by atoms with Crippen LogP contribution >= 0.6 is 23.2 Å². The van der Waals surface area contributed by atoms with Gasteiger partial charge in [-0.15, -0.1) is 0 Å². The molecule has 2 fully saturated rings. The van der Waals surface area contributed by atoms with E-state index >= 15 is 0 Å². The van der Waals surface area contributed by atoms with Crippen molar-refractivity contribution in [1.29, 1.82) is 0 Å². The number of carbonyl (C=O) groups excluding carboxylic acids is 1. The van der Waals surface area contributed by atoms with Gasteiger partial charge in [-0.25, -0.2) is 0 Å². The maximum absolute atomic E-state index is 12.8. The van der Waals surface area contributed by atoms with E-state index in [0.29, 0.717) is 11.8 Å². The third-order valence-corrected chi connectivity index (χ3v) is 6.01. The molecule has 0 spiro atoms. The third kappa shape index (κ3) is 3.90. The van der Waals surface area contributed by atoms with Gasteiger partial charge in [0, 0.05) is 48.7 Å². The van der Waals surface area contributed by atoms with Crippen LogP contribution in [-0.4, -0.2) is 41.9 Å². The lowest BCUT2D eigenvalue weighted by Crippen LogP contribution is -2.48. The quantitative estimate of drug-likeness (QED) is 0.772. The van der Waals surface area contributed by atoms with Gasteiger partial charge in [-0.3, -0.25) is 9.69 Å². The first-order valence-electron chi connectivity index (χ1n) is 9.12. The van der Waals surface area contributed by atoms with Crippen molar-refractivity contribution in [2.24, 2.45) is 5.92 Å². The van der Waals surface area contributed by atoms with Gasteiger partial charge in [0.1, 0.15) is 0 Å². The molecule has 3 nitrogen and oxygen atoms in total. The van der Waals surface area contributed by atoms with E-state index in [-0.39, 0.29) is 5.92 Å². The molecule has 2 aromatic carbocycles. The van der Waals surface area contributed by atoms with E-state index < -0.39 is 0 Å². The number of nitrogens with zero attached hydrogens (tertiary/aromatic N) is 2. The molecular weight excluding hydrogens is 367 g/mol. The van der Waals surface area contributed by atoms with E-state index in [0.717, 1.165) is 54.8 Å². The highest BCUT2D eigenvalue weighted by Crippen LogP contribution is 2.50. The Hall–Kier alpha value is -1.55. The first-order chi connectivity index (χ1) is 12.6. The maximum atomic E-state index is 12.8. The average Bonchev–Trinajstić information content (AvgIpc) is 3.45. The molecule has 4 rings (SSSR count). The molecule has 2 aliphatic rings. The van der Waals surface area contributed by atoms with Crippen LogP contribution in [0.25, 0.3) is 0 Å². The van der Waals surface area contributed by atoms with Gasteiger partial charge in [0.15, 0.2) is 0 Å². The predicted octanol–water partition coefficient (Wildman–Crippen LogP) is 4.44. The summed E-state index contributed by atoms with van der Waals surface area (Å²) < 4.78 is 0. The van der Waals surface area contributed by atoms with Gasteiger partial charge >= 0.3 is 0 Å². The highest BCUT2D eigenvalue weighted by molar-refractivity contribution is 6.31. The van der Waals surface area contributed by atoms with Gasteiger partial charge in [-0.05, 0) is 41.7 Å². The van der Waals surface area contributed by atoms with Gasteiger partial charge in [-0.1, -0.05) is 53.5 Å². The fourth-order valence-corrected chi connectivity index (χ4v) is 4.20. The molecule has 1 aliphatic carbocycles. The highest BCUT2D eigenvalue weighted by Gasteiger charge is 2.46. The van der Waals surface area contributed by atoms with E-state index in [1.54, 1.807) is 0 Å². The number of carbonyl (C=O) groups is 1. The van der Waals surface area contributed by atoms with E-state index in [2.05, 4.69) is 17.0 Å². The van der Waals surface area contributed by atoms with Crippen LogP contribution in [0.3, 0.4) is 0 Å². The summed E-state index contributed by atoms with van der Waals surface area (Å²) >= 11 is 12.2. The zero-order valence-electron chi connectivity index (χ0n) is 14.6. The van der Waals surface area contributed by atoms with Crippen molar-refractivity contribution in [3.05, 3.63) is 69.7 Å². The summed E-state index contributed by atoms with van der Waals surface area (Å²) in [7, 11) is 0. The van der Waals surface area contributed by atoms with Crippen molar-refractivity contribution < 1.29 is 4.79 Å². The number of piperazine rings is 1. The molecule has 2 atom stereocenters. The summed E-state index contributed by atoms with van der Waals surface area (Å²) in [6, 6.07) is 15.9. The zero-order valence-corrected chi connectivity index (χ0v) is 16.1. The summed E-state index contributed by atoms with van der Waals surface area (Å²) in [5, 5.41) is 1.54. The number of hydrogen-bond acceptors (Lipinski definition) is 2. The largest absolute Gasteiger partial charge is 0.340 e. The number of amides is 1. The summed E-state index contributed by atoms with van der Waals surface area (Å²) in [6.45, 7) is 4.34. The number of benzene rings is 2. The Bertz CT molecular complexity index is 785. The first kappa shape index (κ1) is 17.8. The van der Waals surface area contributed by atoms with E-state index in [4.69, 9.17) is 23.2 Å². The normalized spacial score (nSPS) is 23.1. The molecule has 2 unspecified atom stereocenters. The molecule has 5 heteroatoms. The average molecular weight is 389 g/mol. The molecule has 0 bridgehead atoms. The van der Waals surface area contributed by atoms with Crippen LogP contribution in [0, 0.1) is 5.92 Å². The molecule has 0 aromatic heterocycles. The first-order valence-corrected chi connectivity index (χ1v) is 9.87. The van der Waals surface area contributed by atoms with Gasteiger partial charge in [0.2, 0.25) is 5.91 Å². The zero-order chi connectivity index (χ0) is 18.1. The Labute approximate surface area is 164 Å². The molecule has 1 saturated carbocycles. The monoisotopic (exact) mass is 388 g/mol. The SMILES string of the molecule is O=C(C1CC1c1ccccc1Cl)N1CCN(Cc2ccc(Cl)cc2)CC1. The molecule has 2 aromatic rings. The Kier molecular flexibility index (Phi) is 5.21. The number of hydrogen-bond donors (Lipinski definition) is 0. The molecule has 1 heterocycles. The van der Waals surface area contributed by atoms with Gasteiger partial charge < -0.3 is 4.90 Å². The molecule has 0 N–H and O–H groups in total. The van der Waals surface area contributed by atoms with Crippen LogP contribution < -0.4 is 0 Å². The minimum atomic E-state index is 0.109. The van der Waals surface area contributed by atoms with Crippen LogP contribution in [0.1, 0.15) is 23.5 Å². The summed E-state index contributed by atoms with van der Waals surface area (Å²) in [5.74, 6) is 0.696.